The molecule has 0 aromatic rings. The molecule has 0 saturated heterocycles. The molecule has 0 bridgehead atoms. The molecule has 3 nitrogen and oxygen atoms in total. The summed E-state index contributed by atoms with van der Waals surface area (Å²) in [6.45, 7) is 12.9. The van der Waals surface area contributed by atoms with Crippen LogP contribution < -0.4 is 5.32 Å². The van der Waals surface area contributed by atoms with Gasteiger partial charge in [-0.1, -0.05) is 20.4 Å². The normalized spacial score (nSPS) is 12.6. The van der Waals surface area contributed by atoms with Crippen LogP contribution in [0.2, 0.25) is 0 Å². The highest BCUT2D eigenvalue weighted by Gasteiger charge is 2.06. The maximum Gasteiger partial charge on any atom is 0.243 e. The topological polar surface area (TPSA) is 32.3 Å². The van der Waals surface area contributed by atoms with E-state index in [1.165, 1.54) is 6.08 Å². The largest absolute Gasteiger partial charge is 0.350 e. The molecule has 1 amide bonds. The third-order valence-electron chi connectivity index (χ3n) is 2.35. The second kappa shape index (κ2) is 7.56. The lowest BCUT2D eigenvalue weighted by atomic mass is 10.2. The predicted molar refractivity (Wildman–Crippen MR) is 60.2 cm³/mol. The first-order valence-electron chi connectivity index (χ1n) is 5.29. The van der Waals surface area contributed by atoms with E-state index in [1.54, 1.807) is 0 Å². The molecule has 0 aromatic carbocycles. The number of rotatable bonds is 7. The van der Waals surface area contributed by atoms with Gasteiger partial charge in [0, 0.05) is 12.6 Å². The summed E-state index contributed by atoms with van der Waals surface area (Å²) in [5, 5.41) is 2.85. The molecule has 82 valence electrons. The Morgan fingerprint density at radius 2 is 2.07 bits per heavy atom. The van der Waals surface area contributed by atoms with Crippen LogP contribution >= 0.6 is 0 Å². The predicted octanol–water partition coefficient (Wildman–Crippen LogP) is 1.41. The molecule has 1 unspecified atom stereocenters. The molecule has 14 heavy (non-hydrogen) atoms. The molecule has 3 heteroatoms. The molecule has 0 aliphatic carbocycles. The molecule has 0 aliphatic rings. The lowest BCUT2D eigenvalue weighted by molar-refractivity contribution is -0.117. The Hall–Kier alpha value is -0.830. The van der Waals surface area contributed by atoms with Gasteiger partial charge in [0.25, 0.3) is 0 Å². The van der Waals surface area contributed by atoms with E-state index in [2.05, 4.69) is 30.6 Å². The maximum absolute atomic E-state index is 11.0. The molecule has 0 fully saturated rings. The summed E-state index contributed by atoms with van der Waals surface area (Å²) in [5.74, 6) is -0.0861. The third kappa shape index (κ3) is 5.75. The highest BCUT2D eigenvalue weighted by molar-refractivity contribution is 5.87. The molecule has 0 spiro atoms. The van der Waals surface area contributed by atoms with E-state index in [-0.39, 0.29) is 11.9 Å². The first kappa shape index (κ1) is 13.2. The van der Waals surface area contributed by atoms with Gasteiger partial charge in [-0.15, -0.1) is 0 Å². The van der Waals surface area contributed by atoms with Crippen LogP contribution in [0.15, 0.2) is 12.7 Å². The molecule has 0 aliphatic heterocycles. The van der Waals surface area contributed by atoms with Crippen LogP contribution in [0, 0.1) is 0 Å². The highest BCUT2D eigenvalue weighted by atomic mass is 16.1. The first-order chi connectivity index (χ1) is 6.63. The van der Waals surface area contributed by atoms with Crippen LogP contribution in [0.3, 0.4) is 0 Å². The van der Waals surface area contributed by atoms with Gasteiger partial charge in [0.2, 0.25) is 5.91 Å². The molecule has 1 atom stereocenters. The van der Waals surface area contributed by atoms with Crippen LogP contribution in [0.5, 0.6) is 0 Å². The van der Waals surface area contributed by atoms with Crippen molar-refractivity contribution >= 4 is 5.91 Å². The molecule has 0 rings (SSSR count). The summed E-state index contributed by atoms with van der Waals surface area (Å²) in [4.78, 5) is 13.3. The fourth-order valence-corrected chi connectivity index (χ4v) is 1.29. The van der Waals surface area contributed by atoms with Gasteiger partial charge in [0.15, 0.2) is 0 Å². The van der Waals surface area contributed by atoms with Crippen LogP contribution in [0.25, 0.3) is 0 Å². The Morgan fingerprint density at radius 3 is 2.50 bits per heavy atom. The van der Waals surface area contributed by atoms with E-state index >= 15 is 0 Å². The van der Waals surface area contributed by atoms with Gasteiger partial charge in [-0.3, -0.25) is 4.79 Å². The van der Waals surface area contributed by atoms with Crippen molar-refractivity contribution in [3.63, 3.8) is 0 Å². The number of hydrogen-bond acceptors (Lipinski definition) is 2. The second-order valence-electron chi connectivity index (χ2n) is 3.43. The SMILES string of the molecule is C=CC(=O)NC(C)CCN(CC)CC. The van der Waals surface area contributed by atoms with Crippen LogP contribution in [-0.2, 0) is 4.79 Å². The molecular weight excluding hydrogens is 176 g/mol. The van der Waals surface area contributed by atoms with E-state index in [9.17, 15) is 4.79 Å². The average Bonchev–Trinajstić information content (AvgIpc) is 2.19. The van der Waals surface area contributed by atoms with E-state index in [1.807, 2.05) is 6.92 Å². The quantitative estimate of drug-likeness (QED) is 0.627. The fourth-order valence-electron chi connectivity index (χ4n) is 1.29. The third-order valence-corrected chi connectivity index (χ3v) is 2.35. The summed E-state index contributed by atoms with van der Waals surface area (Å²) in [6, 6.07) is 0.223. The average molecular weight is 198 g/mol. The van der Waals surface area contributed by atoms with Crippen molar-refractivity contribution in [3.05, 3.63) is 12.7 Å². The second-order valence-corrected chi connectivity index (χ2v) is 3.43. The first-order valence-corrected chi connectivity index (χ1v) is 5.29. The maximum atomic E-state index is 11.0. The highest BCUT2D eigenvalue weighted by Crippen LogP contribution is 1.95. The van der Waals surface area contributed by atoms with E-state index in [0.717, 1.165) is 26.1 Å². The van der Waals surface area contributed by atoms with Crippen LogP contribution in [-0.4, -0.2) is 36.5 Å². The minimum absolute atomic E-state index is 0.0861. The number of carbonyl (C=O) groups is 1. The number of hydrogen-bond donors (Lipinski definition) is 1. The monoisotopic (exact) mass is 198 g/mol. The lowest BCUT2D eigenvalue weighted by Gasteiger charge is -2.20. The van der Waals surface area contributed by atoms with E-state index in [0.29, 0.717) is 0 Å². The van der Waals surface area contributed by atoms with Crippen molar-refractivity contribution in [2.24, 2.45) is 0 Å². The number of nitrogens with one attached hydrogen (secondary N) is 1. The standard InChI is InChI=1S/C11H22N2O/c1-5-11(14)12-10(4)8-9-13(6-2)7-3/h5,10H,1,6-9H2,2-4H3,(H,12,14). The molecule has 0 radical (unpaired) electrons. The Balaban J connectivity index is 3.66. The van der Waals surface area contributed by atoms with Crippen molar-refractivity contribution < 1.29 is 4.79 Å². The molecule has 0 heterocycles. The number of carbonyl (C=O) groups excluding carboxylic acids is 1. The lowest BCUT2D eigenvalue weighted by Crippen LogP contribution is -2.35. The van der Waals surface area contributed by atoms with Crippen molar-refractivity contribution in [2.75, 3.05) is 19.6 Å². The van der Waals surface area contributed by atoms with Gasteiger partial charge in [0.05, 0.1) is 0 Å². The summed E-state index contributed by atoms with van der Waals surface area (Å²) in [6.07, 6.45) is 2.30. The zero-order valence-corrected chi connectivity index (χ0v) is 9.55. The minimum atomic E-state index is -0.0861. The zero-order chi connectivity index (χ0) is 11.0. The molecule has 0 aromatic heterocycles. The van der Waals surface area contributed by atoms with Crippen molar-refractivity contribution in [1.82, 2.24) is 10.2 Å². The summed E-state index contributed by atoms with van der Waals surface area (Å²) in [7, 11) is 0. The van der Waals surface area contributed by atoms with Crippen LogP contribution in [0.4, 0.5) is 0 Å². The van der Waals surface area contributed by atoms with Gasteiger partial charge in [-0.05, 0) is 32.5 Å². The minimum Gasteiger partial charge on any atom is -0.350 e. The number of amides is 1. The van der Waals surface area contributed by atoms with Crippen molar-refractivity contribution in [3.8, 4) is 0 Å². The summed E-state index contributed by atoms with van der Waals surface area (Å²) in [5.41, 5.74) is 0. The Bertz CT molecular complexity index is 176. The van der Waals surface area contributed by atoms with Gasteiger partial charge >= 0.3 is 0 Å². The Labute approximate surface area is 87.2 Å². The molecule has 1 N–H and O–H groups in total. The Kier molecular flexibility index (Phi) is 7.11. The van der Waals surface area contributed by atoms with E-state index in [4.69, 9.17) is 0 Å². The molecular formula is C11H22N2O. The summed E-state index contributed by atoms with van der Waals surface area (Å²) < 4.78 is 0. The molecule has 0 saturated carbocycles. The van der Waals surface area contributed by atoms with E-state index < -0.39 is 0 Å². The smallest absolute Gasteiger partial charge is 0.243 e. The zero-order valence-electron chi connectivity index (χ0n) is 9.55. The van der Waals surface area contributed by atoms with Crippen molar-refractivity contribution in [1.29, 1.82) is 0 Å². The van der Waals surface area contributed by atoms with Crippen molar-refractivity contribution in [2.45, 2.75) is 33.2 Å². The van der Waals surface area contributed by atoms with Crippen LogP contribution in [0.1, 0.15) is 27.2 Å². The summed E-state index contributed by atoms with van der Waals surface area (Å²) >= 11 is 0. The number of nitrogens with zero attached hydrogens (tertiary/aromatic N) is 1. The van der Waals surface area contributed by atoms with Gasteiger partial charge in [-0.2, -0.15) is 0 Å². The van der Waals surface area contributed by atoms with Gasteiger partial charge < -0.3 is 10.2 Å². The van der Waals surface area contributed by atoms with Gasteiger partial charge in [0.1, 0.15) is 0 Å². The Morgan fingerprint density at radius 1 is 1.50 bits per heavy atom. The fraction of sp³-hybridized carbons (Fsp3) is 0.727. The van der Waals surface area contributed by atoms with Gasteiger partial charge in [-0.25, -0.2) is 0 Å².